The summed E-state index contributed by atoms with van der Waals surface area (Å²) in [6, 6.07) is 16.9. The highest BCUT2D eigenvalue weighted by Crippen LogP contribution is 2.14. The van der Waals surface area contributed by atoms with E-state index in [1.165, 1.54) is 12.1 Å². The minimum atomic E-state index is -3.87. The van der Waals surface area contributed by atoms with Crippen molar-refractivity contribution in [3.05, 3.63) is 65.7 Å². The highest BCUT2D eigenvalue weighted by Gasteiger charge is 2.18. The van der Waals surface area contributed by atoms with Crippen molar-refractivity contribution in [2.75, 3.05) is 0 Å². The van der Waals surface area contributed by atoms with E-state index in [9.17, 15) is 8.42 Å². The van der Waals surface area contributed by atoms with Crippen molar-refractivity contribution in [2.24, 2.45) is 0 Å². The lowest BCUT2D eigenvalue weighted by atomic mass is 10.2. The van der Waals surface area contributed by atoms with Gasteiger partial charge >= 0.3 is 0 Å². The second-order valence-corrected chi connectivity index (χ2v) is 5.58. The maximum atomic E-state index is 12.0. The van der Waals surface area contributed by atoms with Crippen LogP contribution in [0.5, 0.6) is 0 Å². The lowest BCUT2D eigenvalue weighted by Gasteiger charge is -2.08. The molecule has 0 bridgehead atoms. The number of rotatable bonds is 5. The lowest BCUT2D eigenvalue weighted by Crippen LogP contribution is -2.24. The van der Waals surface area contributed by atoms with Crippen molar-refractivity contribution < 1.29 is 13.3 Å². The SMILES string of the molecule is N#Cc1ccccc1S(=O)(=O)NOCc1ccccc1. The zero-order valence-corrected chi connectivity index (χ0v) is 11.3. The summed E-state index contributed by atoms with van der Waals surface area (Å²) < 4.78 is 24.0. The second-order valence-electron chi connectivity index (χ2n) is 3.97. The van der Waals surface area contributed by atoms with Crippen LogP contribution in [0.15, 0.2) is 59.5 Å². The van der Waals surface area contributed by atoms with Crippen LogP contribution in [0.1, 0.15) is 11.1 Å². The first-order valence-electron chi connectivity index (χ1n) is 5.80. The van der Waals surface area contributed by atoms with Crippen LogP contribution in [0.25, 0.3) is 0 Å². The summed E-state index contributed by atoms with van der Waals surface area (Å²) >= 11 is 0. The van der Waals surface area contributed by atoms with Crippen LogP contribution in [0.2, 0.25) is 0 Å². The molecule has 0 saturated carbocycles. The first-order valence-corrected chi connectivity index (χ1v) is 7.28. The van der Waals surface area contributed by atoms with Crippen LogP contribution in [0.3, 0.4) is 0 Å². The Labute approximate surface area is 117 Å². The molecule has 0 aromatic heterocycles. The Bertz CT molecular complexity index is 722. The maximum Gasteiger partial charge on any atom is 0.263 e. The van der Waals surface area contributed by atoms with Gasteiger partial charge in [-0.25, -0.2) is 8.42 Å². The van der Waals surface area contributed by atoms with Gasteiger partial charge in [0.15, 0.2) is 0 Å². The highest BCUT2D eigenvalue weighted by molar-refractivity contribution is 7.89. The third-order valence-electron chi connectivity index (χ3n) is 2.55. The molecule has 2 aromatic carbocycles. The molecule has 0 amide bonds. The van der Waals surface area contributed by atoms with Gasteiger partial charge in [0.05, 0.1) is 12.2 Å². The predicted molar refractivity (Wildman–Crippen MR) is 72.7 cm³/mol. The molecule has 0 aliphatic heterocycles. The normalized spacial score (nSPS) is 10.9. The van der Waals surface area contributed by atoms with Crippen LogP contribution in [0.4, 0.5) is 0 Å². The van der Waals surface area contributed by atoms with Gasteiger partial charge in [0.2, 0.25) is 0 Å². The molecule has 0 atom stereocenters. The number of nitrogens with one attached hydrogen (secondary N) is 1. The van der Waals surface area contributed by atoms with Gasteiger partial charge in [-0.05, 0) is 17.7 Å². The average Bonchev–Trinajstić information content (AvgIpc) is 2.48. The number of nitriles is 1. The molecule has 0 unspecified atom stereocenters. The van der Waals surface area contributed by atoms with E-state index in [1.807, 2.05) is 41.3 Å². The van der Waals surface area contributed by atoms with E-state index >= 15 is 0 Å². The summed E-state index contributed by atoms with van der Waals surface area (Å²) in [5.41, 5.74) is 0.909. The van der Waals surface area contributed by atoms with Crippen molar-refractivity contribution in [2.45, 2.75) is 11.5 Å². The maximum absolute atomic E-state index is 12.0. The van der Waals surface area contributed by atoms with Crippen LogP contribution < -0.4 is 4.89 Å². The van der Waals surface area contributed by atoms with Gasteiger partial charge in [0, 0.05) is 0 Å². The molecular formula is C14H12N2O3S. The van der Waals surface area contributed by atoms with Crippen molar-refractivity contribution in [3.63, 3.8) is 0 Å². The molecule has 102 valence electrons. The van der Waals surface area contributed by atoms with Crippen molar-refractivity contribution in [1.29, 1.82) is 5.26 Å². The summed E-state index contributed by atoms with van der Waals surface area (Å²) in [6.45, 7) is 0.106. The molecule has 20 heavy (non-hydrogen) atoms. The molecule has 6 heteroatoms. The molecule has 2 aromatic rings. The van der Waals surface area contributed by atoms with Gasteiger partial charge in [0.1, 0.15) is 11.0 Å². The van der Waals surface area contributed by atoms with Crippen molar-refractivity contribution in [1.82, 2.24) is 4.89 Å². The Hall–Kier alpha value is -2.20. The van der Waals surface area contributed by atoms with E-state index in [-0.39, 0.29) is 17.1 Å². The topological polar surface area (TPSA) is 79.2 Å². The van der Waals surface area contributed by atoms with E-state index < -0.39 is 10.0 Å². The van der Waals surface area contributed by atoms with E-state index in [1.54, 1.807) is 12.1 Å². The smallest absolute Gasteiger partial charge is 0.263 e. The largest absolute Gasteiger partial charge is 0.282 e. The third kappa shape index (κ3) is 3.42. The van der Waals surface area contributed by atoms with E-state index in [2.05, 4.69) is 0 Å². The van der Waals surface area contributed by atoms with E-state index in [0.29, 0.717) is 0 Å². The zero-order chi connectivity index (χ0) is 14.4. The van der Waals surface area contributed by atoms with Crippen LogP contribution >= 0.6 is 0 Å². The van der Waals surface area contributed by atoms with Gasteiger partial charge in [0.25, 0.3) is 10.0 Å². The summed E-state index contributed by atoms with van der Waals surface area (Å²) in [5, 5.41) is 8.90. The molecular weight excluding hydrogens is 276 g/mol. The molecule has 1 N–H and O–H groups in total. The minimum Gasteiger partial charge on any atom is -0.282 e. The van der Waals surface area contributed by atoms with Crippen molar-refractivity contribution >= 4 is 10.0 Å². The summed E-state index contributed by atoms with van der Waals surface area (Å²) in [5.74, 6) is 0. The zero-order valence-electron chi connectivity index (χ0n) is 10.5. The highest BCUT2D eigenvalue weighted by atomic mass is 32.2. The lowest BCUT2D eigenvalue weighted by molar-refractivity contribution is 0.0795. The Morgan fingerprint density at radius 3 is 2.40 bits per heavy atom. The summed E-state index contributed by atoms with van der Waals surface area (Å²) in [6.07, 6.45) is 0. The first-order chi connectivity index (χ1) is 9.63. The molecule has 0 aliphatic carbocycles. The van der Waals surface area contributed by atoms with Gasteiger partial charge < -0.3 is 0 Å². The van der Waals surface area contributed by atoms with Crippen molar-refractivity contribution in [3.8, 4) is 6.07 Å². The Morgan fingerprint density at radius 1 is 1.05 bits per heavy atom. The van der Waals surface area contributed by atoms with E-state index in [0.717, 1.165) is 5.56 Å². The molecule has 0 spiro atoms. The second kappa shape index (κ2) is 6.30. The van der Waals surface area contributed by atoms with Gasteiger partial charge in [-0.15, -0.1) is 0 Å². The Kier molecular flexibility index (Phi) is 4.48. The molecule has 0 aliphatic rings. The fourth-order valence-corrected chi connectivity index (χ4v) is 2.57. The van der Waals surface area contributed by atoms with Gasteiger partial charge in [-0.1, -0.05) is 47.3 Å². The summed E-state index contributed by atoms with van der Waals surface area (Å²) in [7, 11) is -3.87. The molecule has 2 rings (SSSR count). The predicted octanol–water partition coefficient (Wildman–Crippen LogP) is 1.97. The fourth-order valence-electron chi connectivity index (χ4n) is 1.60. The van der Waals surface area contributed by atoms with Crippen LogP contribution in [-0.2, 0) is 21.5 Å². The summed E-state index contributed by atoms with van der Waals surface area (Å²) in [4.78, 5) is 6.91. The quantitative estimate of drug-likeness (QED) is 0.853. The molecule has 5 nitrogen and oxygen atoms in total. The van der Waals surface area contributed by atoms with Crippen LogP contribution in [-0.4, -0.2) is 8.42 Å². The number of nitrogens with zero attached hydrogens (tertiary/aromatic N) is 1. The first kappa shape index (κ1) is 14.2. The van der Waals surface area contributed by atoms with Gasteiger partial charge in [-0.2, -0.15) is 5.26 Å². The Balaban J connectivity index is 2.07. The molecule has 0 radical (unpaired) electrons. The number of benzene rings is 2. The van der Waals surface area contributed by atoms with E-state index in [4.69, 9.17) is 10.1 Å². The number of sulfonamides is 1. The third-order valence-corrected chi connectivity index (χ3v) is 3.82. The Morgan fingerprint density at radius 2 is 1.70 bits per heavy atom. The monoisotopic (exact) mass is 288 g/mol. The molecule has 0 fully saturated rings. The minimum absolute atomic E-state index is 0.0725. The number of hydrogen-bond donors (Lipinski definition) is 1. The van der Waals surface area contributed by atoms with Gasteiger partial charge in [-0.3, -0.25) is 4.84 Å². The number of hydrogen-bond acceptors (Lipinski definition) is 4. The molecule has 0 heterocycles. The standard InChI is InChI=1S/C14H12N2O3S/c15-10-13-8-4-5-9-14(13)20(17,18)16-19-11-12-6-2-1-3-7-12/h1-9,16H,11H2. The average molecular weight is 288 g/mol. The fraction of sp³-hybridized carbons (Fsp3) is 0.0714. The molecule has 0 saturated heterocycles. The van der Waals surface area contributed by atoms with Crippen LogP contribution in [0, 0.1) is 11.3 Å².